The fourth-order valence-electron chi connectivity index (χ4n) is 3.94. The molecule has 11 nitrogen and oxygen atoms in total. The van der Waals surface area contributed by atoms with Crippen LogP contribution in [0.3, 0.4) is 0 Å². The maximum absolute atomic E-state index is 14.0. The third kappa shape index (κ3) is 6.73. The minimum Gasteiger partial charge on any atom is -0.496 e. The lowest BCUT2D eigenvalue weighted by atomic mass is 9.94. The van der Waals surface area contributed by atoms with Crippen LogP contribution in [-0.4, -0.2) is 31.0 Å². The number of fused-ring (bicyclic) bond motifs is 1. The van der Waals surface area contributed by atoms with E-state index >= 15 is 0 Å². The average Bonchev–Trinajstić information content (AvgIpc) is 2.82. The molecule has 0 bridgehead atoms. The Morgan fingerprint density at radius 1 is 0.775 bits per heavy atom. The third-order valence-electron chi connectivity index (χ3n) is 5.34. The lowest BCUT2D eigenvalue weighted by molar-refractivity contribution is -0.134. The van der Waals surface area contributed by atoms with Crippen molar-refractivity contribution in [1.82, 2.24) is 0 Å². The van der Waals surface area contributed by atoms with Crippen LogP contribution in [0.4, 0.5) is 0 Å². The zero-order chi connectivity index (χ0) is 29.7. The van der Waals surface area contributed by atoms with Gasteiger partial charge in [0.25, 0.3) is 0 Å². The second kappa shape index (κ2) is 12.3. The highest BCUT2D eigenvalue weighted by molar-refractivity contribution is 5.93. The number of benzene rings is 2. The summed E-state index contributed by atoms with van der Waals surface area (Å²) in [6.07, 6.45) is 3.12. The van der Waals surface area contributed by atoms with E-state index in [9.17, 15) is 24.0 Å². The lowest BCUT2D eigenvalue weighted by Crippen LogP contribution is -2.14. The molecule has 0 spiro atoms. The summed E-state index contributed by atoms with van der Waals surface area (Å²) in [5, 5.41) is -0.114. The Morgan fingerprint density at radius 2 is 1.38 bits per heavy atom. The van der Waals surface area contributed by atoms with Crippen LogP contribution in [0.5, 0.6) is 28.7 Å². The molecule has 1 heterocycles. The Kier molecular flexibility index (Phi) is 9.10. The van der Waals surface area contributed by atoms with E-state index in [1.165, 1.54) is 46.1 Å². The van der Waals surface area contributed by atoms with Crippen molar-refractivity contribution in [3.05, 3.63) is 51.9 Å². The summed E-state index contributed by atoms with van der Waals surface area (Å²) >= 11 is 0. The minimum absolute atomic E-state index is 0.00291. The third-order valence-corrected chi connectivity index (χ3v) is 5.34. The molecule has 0 atom stereocenters. The largest absolute Gasteiger partial charge is 0.496 e. The van der Waals surface area contributed by atoms with Crippen molar-refractivity contribution in [2.45, 2.75) is 48.0 Å². The molecule has 0 amide bonds. The fraction of sp³-hybridized carbons (Fsp3) is 0.276. The van der Waals surface area contributed by atoms with E-state index in [0.29, 0.717) is 5.56 Å². The molecule has 11 heteroatoms. The van der Waals surface area contributed by atoms with Crippen molar-refractivity contribution < 1.29 is 47.3 Å². The molecule has 2 aromatic carbocycles. The maximum atomic E-state index is 14.0. The maximum Gasteiger partial charge on any atom is 0.308 e. The number of hydrogen-bond acceptors (Lipinski definition) is 11. The molecule has 0 N–H and O–H groups in total. The Labute approximate surface area is 229 Å². The zero-order valence-electron chi connectivity index (χ0n) is 23.1. The molecular formula is C29H28O11. The second-order valence-electron chi connectivity index (χ2n) is 8.89. The van der Waals surface area contributed by atoms with Gasteiger partial charge in [0.05, 0.1) is 12.7 Å². The standard InChI is InChI=1S/C29H28O11/c1-14(2)8-9-20-26(22(35-7)12-25(39-17(5)32)29(20)40-18(6)33)21-13-36-23-10-19(37-15(3)30)11-24(38-16(4)31)27(23)28(21)34/h8,10-13H,9H2,1-7H3. The normalized spacial score (nSPS) is 10.5. The van der Waals surface area contributed by atoms with Gasteiger partial charge in [-0.15, -0.1) is 0 Å². The molecule has 0 saturated carbocycles. The van der Waals surface area contributed by atoms with Crippen LogP contribution in [-0.2, 0) is 25.6 Å². The van der Waals surface area contributed by atoms with Gasteiger partial charge < -0.3 is 28.1 Å². The molecule has 0 aliphatic carbocycles. The van der Waals surface area contributed by atoms with E-state index < -0.39 is 29.3 Å². The average molecular weight is 553 g/mol. The minimum atomic E-state index is -0.726. The van der Waals surface area contributed by atoms with Crippen molar-refractivity contribution >= 4 is 34.8 Å². The van der Waals surface area contributed by atoms with Gasteiger partial charge in [0.1, 0.15) is 34.5 Å². The lowest BCUT2D eigenvalue weighted by Gasteiger charge is -2.20. The van der Waals surface area contributed by atoms with Crippen molar-refractivity contribution in [2.75, 3.05) is 7.11 Å². The number of esters is 4. The van der Waals surface area contributed by atoms with Crippen LogP contribution >= 0.6 is 0 Å². The Hall–Kier alpha value is -4.93. The zero-order valence-corrected chi connectivity index (χ0v) is 23.1. The topological polar surface area (TPSA) is 145 Å². The van der Waals surface area contributed by atoms with Crippen LogP contribution in [0.25, 0.3) is 22.1 Å². The molecule has 0 aliphatic rings. The van der Waals surface area contributed by atoms with E-state index in [1.807, 2.05) is 19.9 Å². The van der Waals surface area contributed by atoms with E-state index in [0.717, 1.165) is 18.8 Å². The summed E-state index contributed by atoms with van der Waals surface area (Å²) in [5.74, 6) is -2.97. The van der Waals surface area contributed by atoms with Crippen LogP contribution in [0.15, 0.2) is 45.3 Å². The van der Waals surface area contributed by atoms with Gasteiger partial charge in [0.15, 0.2) is 11.5 Å². The quantitative estimate of drug-likeness (QED) is 0.218. The Morgan fingerprint density at radius 3 is 1.93 bits per heavy atom. The Bertz CT molecular complexity index is 1600. The summed E-state index contributed by atoms with van der Waals surface area (Å²) in [7, 11) is 1.35. The molecule has 1 aromatic heterocycles. The van der Waals surface area contributed by atoms with Crippen molar-refractivity contribution in [2.24, 2.45) is 0 Å². The van der Waals surface area contributed by atoms with Crippen LogP contribution < -0.4 is 29.1 Å². The number of allylic oxidation sites excluding steroid dienone is 2. The van der Waals surface area contributed by atoms with Gasteiger partial charge in [-0.3, -0.25) is 24.0 Å². The first kappa shape index (κ1) is 29.6. The number of carbonyl (C=O) groups is 4. The summed E-state index contributed by atoms with van der Waals surface area (Å²) < 4.78 is 32.5. The molecule has 3 rings (SSSR count). The molecule has 40 heavy (non-hydrogen) atoms. The van der Waals surface area contributed by atoms with Gasteiger partial charge in [0.2, 0.25) is 5.43 Å². The van der Waals surface area contributed by atoms with Crippen LogP contribution in [0, 0.1) is 0 Å². The molecule has 0 aliphatic heterocycles. The number of hydrogen-bond donors (Lipinski definition) is 0. The van der Waals surface area contributed by atoms with Crippen LogP contribution in [0.2, 0.25) is 0 Å². The highest BCUT2D eigenvalue weighted by Crippen LogP contribution is 2.45. The van der Waals surface area contributed by atoms with Gasteiger partial charge in [-0.1, -0.05) is 11.6 Å². The van der Waals surface area contributed by atoms with E-state index in [1.54, 1.807) is 0 Å². The fourth-order valence-corrected chi connectivity index (χ4v) is 3.94. The van der Waals surface area contributed by atoms with E-state index in [4.69, 9.17) is 28.1 Å². The first-order valence-corrected chi connectivity index (χ1v) is 12.0. The summed E-state index contributed by atoms with van der Waals surface area (Å²) in [6.45, 7) is 8.42. The molecular weight excluding hydrogens is 524 g/mol. The number of carbonyl (C=O) groups excluding carboxylic acids is 4. The highest BCUT2D eigenvalue weighted by Gasteiger charge is 2.27. The van der Waals surface area contributed by atoms with Crippen molar-refractivity contribution in [3.8, 4) is 39.9 Å². The predicted octanol–water partition coefficient (Wildman–Crippen LogP) is 4.68. The van der Waals surface area contributed by atoms with Crippen LogP contribution in [0.1, 0.15) is 47.1 Å². The Balaban J connectivity index is 2.48. The summed E-state index contributed by atoms with van der Waals surface area (Å²) in [4.78, 5) is 61.3. The molecule has 0 saturated heterocycles. The number of methoxy groups -OCH3 is 1. The smallest absolute Gasteiger partial charge is 0.308 e. The molecule has 3 aromatic rings. The summed E-state index contributed by atoms with van der Waals surface area (Å²) in [6, 6.07) is 3.85. The summed E-state index contributed by atoms with van der Waals surface area (Å²) in [5.41, 5.74) is 0.725. The van der Waals surface area contributed by atoms with Crippen molar-refractivity contribution in [3.63, 3.8) is 0 Å². The second-order valence-corrected chi connectivity index (χ2v) is 8.89. The van der Waals surface area contributed by atoms with Gasteiger partial charge in [-0.25, -0.2) is 0 Å². The SMILES string of the molecule is COc1cc(OC(C)=O)c(OC(C)=O)c(CC=C(C)C)c1-c1coc2cc(OC(C)=O)cc(OC(C)=O)c2c1=O. The number of ether oxygens (including phenoxy) is 5. The molecule has 0 fully saturated rings. The molecule has 210 valence electrons. The first-order valence-electron chi connectivity index (χ1n) is 12.0. The van der Waals surface area contributed by atoms with Gasteiger partial charge in [-0.05, 0) is 20.3 Å². The van der Waals surface area contributed by atoms with Gasteiger partial charge in [0, 0.05) is 57.0 Å². The first-order chi connectivity index (χ1) is 18.8. The predicted molar refractivity (Wildman–Crippen MR) is 143 cm³/mol. The van der Waals surface area contributed by atoms with Crippen molar-refractivity contribution in [1.29, 1.82) is 0 Å². The monoisotopic (exact) mass is 552 g/mol. The number of rotatable bonds is 8. The van der Waals surface area contributed by atoms with Gasteiger partial charge >= 0.3 is 23.9 Å². The van der Waals surface area contributed by atoms with E-state index in [2.05, 4.69) is 0 Å². The molecule has 0 unspecified atom stereocenters. The highest BCUT2D eigenvalue weighted by atomic mass is 16.6. The van der Waals surface area contributed by atoms with E-state index in [-0.39, 0.29) is 57.3 Å². The van der Waals surface area contributed by atoms with Gasteiger partial charge in [-0.2, -0.15) is 0 Å². The molecule has 0 radical (unpaired) electrons.